The van der Waals surface area contributed by atoms with E-state index in [1.165, 1.54) is 6.07 Å². The van der Waals surface area contributed by atoms with Crippen LogP contribution in [0.5, 0.6) is 5.75 Å². The van der Waals surface area contributed by atoms with E-state index in [2.05, 4.69) is 0 Å². The third kappa shape index (κ3) is 3.17. The van der Waals surface area contributed by atoms with Crippen molar-refractivity contribution >= 4 is 27.7 Å². The van der Waals surface area contributed by atoms with Crippen LogP contribution < -0.4 is 5.43 Å². The summed E-state index contributed by atoms with van der Waals surface area (Å²) in [6.07, 6.45) is 0. The highest BCUT2D eigenvalue weighted by atomic mass is 16.3. The zero-order chi connectivity index (χ0) is 22.4. The lowest BCUT2D eigenvalue weighted by Crippen LogP contribution is -2.07. The lowest BCUT2D eigenvalue weighted by Gasteiger charge is -2.13. The molecule has 5 aromatic rings. The lowest BCUT2D eigenvalue weighted by molar-refractivity contribution is 0.103. The van der Waals surface area contributed by atoms with Gasteiger partial charge in [0.1, 0.15) is 16.9 Å². The quantitative estimate of drug-likeness (QED) is 0.280. The largest absolute Gasteiger partial charge is 0.507 e. The summed E-state index contributed by atoms with van der Waals surface area (Å²) in [7, 11) is 0. The van der Waals surface area contributed by atoms with Gasteiger partial charge < -0.3 is 9.52 Å². The summed E-state index contributed by atoms with van der Waals surface area (Å²) in [4.78, 5) is 26.7. The number of aryl methyl sites for hydroxylation is 2. The van der Waals surface area contributed by atoms with Gasteiger partial charge in [0, 0.05) is 11.1 Å². The molecule has 0 unspecified atom stereocenters. The molecule has 0 saturated heterocycles. The Labute approximate surface area is 184 Å². The molecule has 0 saturated carbocycles. The SMILES string of the molecule is Cc1ccc(C)c(-c2cc(C(=O)c3ccccc3O)cc3c(=O)c4ccccc4oc23)c1. The number of phenols is 1. The molecule has 0 aliphatic heterocycles. The predicted molar refractivity (Wildman–Crippen MR) is 126 cm³/mol. The van der Waals surface area contributed by atoms with E-state index in [0.29, 0.717) is 33.1 Å². The van der Waals surface area contributed by atoms with Gasteiger partial charge >= 0.3 is 0 Å². The van der Waals surface area contributed by atoms with Gasteiger partial charge in [-0.25, -0.2) is 0 Å². The number of aromatic hydroxyl groups is 1. The van der Waals surface area contributed by atoms with Gasteiger partial charge in [-0.3, -0.25) is 9.59 Å². The molecule has 0 radical (unpaired) electrons. The molecule has 4 aromatic carbocycles. The standard InChI is InChI=1S/C28H20O4/c1-16-11-12-17(2)21(13-16)22-14-18(26(30)19-7-3-5-9-24(19)29)15-23-27(31)20-8-4-6-10-25(20)32-28(22)23/h3-15,29H,1-2H3. The van der Waals surface area contributed by atoms with Crippen molar-refractivity contribution in [2.24, 2.45) is 0 Å². The van der Waals surface area contributed by atoms with Gasteiger partial charge in [0.2, 0.25) is 5.43 Å². The van der Waals surface area contributed by atoms with Crippen LogP contribution in [0.3, 0.4) is 0 Å². The van der Waals surface area contributed by atoms with Gasteiger partial charge in [-0.05, 0) is 61.4 Å². The molecule has 4 heteroatoms. The fraction of sp³-hybridized carbons (Fsp3) is 0.0714. The minimum atomic E-state index is -0.357. The second kappa shape index (κ2) is 7.50. The Hall–Kier alpha value is -4.18. The van der Waals surface area contributed by atoms with E-state index >= 15 is 0 Å². The van der Waals surface area contributed by atoms with Gasteiger partial charge in [0.25, 0.3) is 0 Å². The number of carbonyl (C=O) groups excluding carboxylic acids is 1. The summed E-state index contributed by atoms with van der Waals surface area (Å²) >= 11 is 0. The molecule has 0 bridgehead atoms. The average molecular weight is 420 g/mol. The van der Waals surface area contributed by atoms with Gasteiger partial charge in [0.15, 0.2) is 5.78 Å². The Bertz CT molecular complexity index is 1590. The van der Waals surface area contributed by atoms with Crippen LogP contribution in [-0.2, 0) is 0 Å². The van der Waals surface area contributed by atoms with Crippen molar-refractivity contribution in [3.63, 3.8) is 0 Å². The molecule has 1 heterocycles. The number of fused-ring (bicyclic) bond motifs is 2. The Kier molecular flexibility index (Phi) is 4.63. The lowest BCUT2D eigenvalue weighted by atomic mass is 9.92. The fourth-order valence-corrected chi connectivity index (χ4v) is 4.08. The molecule has 1 aromatic heterocycles. The monoisotopic (exact) mass is 420 g/mol. The highest BCUT2D eigenvalue weighted by molar-refractivity contribution is 6.14. The summed E-state index contributed by atoms with van der Waals surface area (Å²) in [6, 6.07) is 22.9. The summed E-state index contributed by atoms with van der Waals surface area (Å²) in [5.74, 6) is -0.458. The third-order valence-electron chi connectivity index (χ3n) is 5.77. The smallest absolute Gasteiger partial charge is 0.200 e. The van der Waals surface area contributed by atoms with Crippen molar-refractivity contribution in [1.29, 1.82) is 0 Å². The molecule has 0 aliphatic rings. The first-order valence-corrected chi connectivity index (χ1v) is 10.3. The number of rotatable bonds is 3. The van der Waals surface area contributed by atoms with E-state index < -0.39 is 0 Å². The molecule has 156 valence electrons. The number of phenolic OH excluding ortho intramolecular Hbond substituents is 1. The van der Waals surface area contributed by atoms with Crippen LogP contribution in [-0.4, -0.2) is 10.9 Å². The molecule has 0 amide bonds. The highest BCUT2D eigenvalue weighted by Gasteiger charge is 2.20. The van der Waals surface area contributed by atoms with Crippen LogP contribution in [0, 0.1) is 13.8 Å². The first kappa shape index (κ1) is 19.8. The van der Waals surface area contributed by atoms with Gasteiger partial charge in [0.05, 0.1) is 16.3 Å². The maximum absolute atomic E-state index is 13.4. The molecule has 1 N–H and O–H groups in total. The minimum absolute atomic E-state index is 0.101. The predicted octanol–water partition coefficient (Wildman–Crippen LogP) is 6.17. The molecule has 5 rings (SSSR count). The Morgan fingerprint density at radius 3 is 2.38 bits per heavy atom. The molecule has 0 atom stereocenters. The molecule has 0 aliphatic carbocycles. The topological polar surface area (TPSA) is 67.5 Å². The van der Waals surface area contributed by atoms with Crippen molar-refractivity contribution in [3.05, 3.63) is 111 Å². The molecule has 0 spiro atoms. The van der Waals surface area contributed by atoms with Crippen molar-refractivity contribution < 1.29 is 14.3 Å². The highest BCUT2D eigenvalue weighted by Crippen LogP contribution is 2.34. The number of hydrogen-bond donors (Lipinski definition) is 1. The number of benzene rings is 4. The fourth-order valence-electron chi connectivity index (χ4n) is 4.08. The van der Waals surface area contributed by atoms with Gasteiger partial charge in [-0.15, -0.1) is 0 Å². The maximum Gasteiger partial charge on any atom is 0.200 e. The zero-order valence-corrected chi connectivity index (χ0v) is 17.7. The van der Waals surface area contributed by atoms with E-state index in [0.717, 1.165) is 16.7 Å². The second-order valence-electron chi connectivity index (χ2n) is 7.99. The van der Waals surface area contributed by atoms with Crippen molar-refractivity contribution in [1.82, 2.24) is 0 Å². The van der Waals surface area contributed by atoms with E-state index in [1.54, 1.807) is 48.5 Å². The second-order valence-corrected chi connectivity index (χ2v) is 7.99. The van der Waals surface area contributed by atoms with Crippen molar-refractivity contribution in [2.45, 2.75) is 13.8 Å². The Balaban J connectivity index is 1.90. The molecule has 0 fully saturated rings. The minimum Gasteiger partial charge on any atom is -0.507 e. The van der Waals surface area contributed by atoms with Gasteiger partial charge in [-0.2, -0.15) is 0 Å². The maximum atomic E-state index is 13.4. The normalized spacial score (nSPS) is 11.2. The van der Waals surface area contributed by atoms with Crippen LogP contribution in [0.2, 0.25) is 0 Å². The summed E-state index contributed by atoms with van der Waals surface area (Å²) < 4.78 is 6.21. The molecular formula is C28H20O4. The van der Waals surface area contributed by atoms with E-state index in [4.69, 9.17) is 4.42 Å². The van der Waals surface area contributed by atoms with Gasteiger partial charge in [-0.1, -0.05) is 48.0 Å². The summed E-state index contributed by atoms with van der Waals surface area (Å²) in [5.41, 5.74) is 4.86. The molecule has 32 heavy (non-hydrogen) atoms. The van der Waals surface area contributed by atoms with Crippen LogP contribution in [0.4, 0.5) is 0 Å². The number of ketones is 1. The van der Waals surface area contributed by atoms with Crippen LogP contribution >= 0.6 is 0 Å². The average Bonchev–Trinajstić information content (AvgIpc) is 2.80. The third-order valence-corrected chi connectivity index (χ3v) is 5.77. The van der Waals surface area contributed by atoms with E-state index in [-0.39, 0.29) is 22.5 Å². The van der Waals surface area contributed by atoms with E-state index in [1.807, 2.05) is 38.1 Å². The first-order chi connectivity index (χ1) is 15.4. The summed E-state index contributed by atoms with van der Waals surface area (Å²) in [6.45, 7) is 3.98. The molecular weight excluding hydrogens is 400 g/mol. The number of hydrogen-bond acceptors (Lipinski definition) is 4. The van der Waals surface area contributed by atoms with Crippen molar-refractivity contribution in [2.75, 3.05) is 0 Å². The van der Waals surface area contributed by atoms with E-state index in [9.17, 15) is 14.7 Å². The van der Waals surface area contributed by atoms with Crippen molar-refractivity contribution in [3.8, 4) is 16.9 Å². The first-order valence-electron chi connectivity index (χ1n) is 10.3. The van der Waals surface area contributed by atoms with Crippen LogP contribution in [0.15, 0.2) is 88.1 Å². The Morgan fingerprint density at radius 1 is 0.812 bits per heavy atom. The Morgan fingerprint density at radius 2 is 1.56 bits per heavy atom. The molecule has 4 nitrogen and oxygen atoms in total. The zero-order valence-electron chi connectivity index (χ0n) is 17.7. The van der Waals surface area contributed by atoms with Crippen LogP contribution in [0.25, 0.3) is 33.1 Å². The van der Waals surface area contributed by atoms with Crippen LogP contribution in [0.1, 0.15) is 27.0 Å². The summed E-state index contributed by atoms with van der Waals surface area (Å²) in [5, 5.41) is 11.0. The number of carbonyl (C=O) groups is 1. The number of para-hydroxylation sites is 2.